The minimum atomic E-state index is -0.233. The van der Waals surface area contributed by atoms with Crippen LogP contribution in [-0.4, -0.2) is 22.0 Å². The minimum Gasteiger partial charge on any atom is -0.391 e. The van der Waals surface area contributed by atoms with Crippen molar-refractivity contribution in [1.82, 2.24) is 10.3 Å². The van der Waals surface area contributed by atoms with Crippen molar-refractivity contribution in [3.8, 4) is 0 Å². The zero-order chi connectivity index (χ0) is 20.7. The van der Waals surface area contributed by atoms with Gasteiger partial charge in [-0.1, -0.05) is 19.3 Å². The second kappa shape index (κ2) is 10.5. The van der Waals surface area contributed by atoms with Gasteiger partial charge < -0.3 is 21.1 Å². The van der Waals surface area contributed by atoms with Crippen LogP contribution in [-0.2, 0) is 13.2 Å². The Balaban J connectivity index is 0.000000336. The molecule has 0 unspecified atom stereocenters. The molecule has 0 atom stereocenters. The number of aliphatic hydroxyl groups is 1. The molecule has 1 aliphatic carbocycles. The van der Waals surface area contributed by atoms with Crippen molar-refractivity contribution in [3.05, 3.63) is 54.6 Å². The van der Waals surface area contributed by atoms with E-state index in [1.807, 2.05) is 19.9 Å². The van der Waals surface area contributed by atoms with Gasteiger partial charge in [0.15, 0.2) is 0 Å². The van der Waals surface area contributed by atoms with Gasteiger partial charge in [-0.3, -0.25) is 9.59 Å². The van der Waals surface area contributed by atoms with Gasteiger partial charge in [0.25, 0.3) is 11.5 Å². The van der Waals surface area contributed by atoms with Crippen LogP contribution in [0.4, 0.5) is 0 Å². The highest BCUT2D eigenvalue weighted by Crippen LogP contribution is 2.21. The molecule has 5 N–H and O–H groups in total. The lowest BCUT2D eigenvalue weighted by atomic mass is 9.97. The lowest BCUT2D eigenvalue weighted by Crippen LogP contribution is -2.28. The summed E-state index contributed by atoms with van der Waals surface area (Å²) in [6.45, 7) is 5.59. The fraction of sp³-hybridized carbons (Fsp3) is 0.524. The van der Waals surface area contributed by atoms with E-state index in [1.165, 1.54) is 43.4 Å². The highest BCUT2D eigenvalue weighted by molar-refractivity contribution is 7.10. The van der Waals surface area contributed by atoms with E-state index in [2.05, 4.69) is 10.3 Å². The molecular formula is C21H31N3O3S. The molecule has 0 bridgehead atoms. The van der Waals surface area contributed by atoms with Gasteiger partial charge in [0.1, 0.15) is 0 Å². The number of H-pyrrole nitrogens is 1. The molecule has 1 aliphatic rings. The molecule has 0 aromatic carbocycles. The average molecular weight is 406 g/mol. The van der Waals surface area contributed by atoms with Gasteiger partial charge in [0, 0.05) is 34.1 Å². The topological polar surface area (TPSA) is 108 Å². The van der Waals surface area contributed by atoms with Crippen molar-refractivity contribution in [2.75, 3.05) is 0 Å². The third kappa shape index (κ3) is 6.02. The van der Waals surface area contributed by atoms with Crippen LogP contribution in [0.25, 0.3) is 0 Å². The van der Waals surface area contributed by atoms with Gasteiger partial charge in [-0.2, -0.15) is 0 Å². The fourth-order valence-corrected chi connectivity index (χ4v) is 4.24. The summed E-state index contributed by atoms with van der Waals surface area (Å²) in [5.41, 5.74) is 9.01. The molecule has 2 aromatic heterocycles. The molecule has 0 radical (unpaired) electrons. The Bertz CT molecular complexity index is 851. The maximum absolute atomic E-state index is 12.2. The number of nitrogens with one attached hydrogen (secondary N) is 2. The highest BCUT2D eigenvalue weighted by Gasteiger charge is 2.15. The van der Waals surface area contributed by atoms with Gasteiger partial charge in [0.2, 0.25) is 0 Å². The van der Waals surface area contributed by atoms with Crippen LogP contribution in [0, 0.1) is 20.8 Å². The van der Waals surface area contributed by atoms with Crippen molar-refractivity contribution < 1.29 is 9.90 Å². The third-order valence-corrected chi connectivity index (χ3v) is 6.17. The summed E-state index contributed by atoms with van der Waals surface area (Å²) in [5, 5.41) is 13.6. The molecule has 154 valence electrons. The zero-order valence-corrected chi connectivity index (χ0v) is 17.7. The molecule has 2 aromatic rings. The molecule has 7 heteroatoms. The average Bonchev–Trinajstić information content (AvgIpc) is 3.02. The number of carbonyl (C=O) groups is 1. The molecule has 1 amide bonds. The van der Waals surface area contributed by atoms with Crippen molar-refractivity contribution >= 4 is 17.2 Å². The summed E-state index contributed by atoms with van der Waals surface area (Å²) >= 11 is 1.36. The maximum Gasteiger partial charge on any atom is 0.253 e. The van der Waals surface area contributed by atoms with Crippen LogP contribution in [0.5, 0.6) is 0 Å². The SMILES string of the molecule is Cc1cc(C)c(CNC(=O)c2csc(CO)c2C)c(=O)[nH]1.NC1CCCCC1. The van der Waals surface area contributed by atoms with E-state index < -0.39 is 0 Å². The number of aromatic nitrogens is 1. The van der Waals surface area contributed by atoms with E-state index in [1.54, 1.807) is 12.3 Å². The summed E-state index contributed by atoms with van der Waals surface area (Å²) < 4.78 is 0. The number of aliphatic hydroxyl groups excluding tert-OH is 1. The Morgan fingerprint density at radius 2 is 1.96 bits per heavy atom. The molecule has 0 spiro atoms. The molecule has 6 nitrogen and oxygen atoms in total. The van der Waals surface area contributed by atoms with Crippen LogP contribution in [0.15, 0.2) is 16.2 Å². The maximum atomic E-state index is 12.2. The molecule has 2 heterocycles. The predicted molar refractivity (Wildman–Crippen MR) is 114 cm³/mol. The Kier molecular flexibility index (Phi) is 8.41. The van der Waals surface area contributed by atoms with Gasteiger partial charge in [0.05, 0.1) is 12.2 Å². The summed E-state index contributed by atoms with van der Waals surface area (Å²) in [4.78, 5) is 27.6. The Labute approximate surface area is 170 Å². The number of hydrogen-bond acceptors (Lipinski definition) is 5. The van der Waals surface area contributed by atoms with Crippen molar-refractivity contribution in [3.63, 3.8) is 0 Å². The molecular weight excluding hydrogens is 374 g/mol. The van der Waals surface area contributed by atoms with E-state index in [9.17, 15) is 9.59 Å². The summed E-state index contributed by atoms with van der Waals surface area (Å²) in [6.07, 6.45) is 6.66. The second-order valence-corrected chi connectivity index (χ2v) is 8.34. The molecule has 1 fully saturated rings. The number of aryl methyl sites for hydroxylation is 2. The first-order valence-electron chi connectivity index (χ1n) is 9.74. The number of nitrogens with two attached hydrogens (primary N) is 1. The van der Waals surface area contributed by atoms with E-state index in [-0.39, 0.29) is 24.6 Å². The van der Waals surface area contributed by atoms with Crippen molar-refractivity contribution in [1.29, 1.82) is 0 Å². The van der Waals surface area contributed by atoms with Crippen LogP contribution in [0.2, 0.25) is 0 Å². The lowest BCUT2D eigenvalue weighted by molar-refractivity contribution is 0.0950. The van der Waals surface area contributed by atoms with E-state index in [4.69, 9.17) is 10.8 Å². The minimum absolute atomic E-state index is 0.0689. The molecule has 0 aliphatic heterocycles. The number of carbonyl (C=O) groups excluding carboxylic acids is 1. The van der Waals surface area contributed by atoms with Crippen LogP contribution in [0.3, 0.4) is 0 Å². The Hall–Kier alpha value is -1.96. The summed E-state index contributed by atoms with van der Waals surface area (Å²) in [5.74, 6) is -0.233. The van der Waals surface area contributed by atoms with Crippen LogP contribution < -0.4 is 16.6 Å². The number of hydrogen-bond donors (Lipinski definition) is 4. The fourth-order valence-electron chi connectivity index (χ4n) is 3.34. The quantitative estimate of drug-likeness (QED) is 0.627. The molecule has 1 saturated carbocycles. The van der Waals surface area contributed by atoms with Crippen molar-refractivity contribution in [2.45, 2.75) is 72.1 Å². The molecule has 28 heavy (non-hydrogen) atoms. The molecule has 3 rings (SSSR count). The van der Waals surface area contributed by atoms with Crippen LogP contribution >= 0.6 is 11.3 Å². The summed E-state index contributed by atoms with van der Waals surface area (Å²) in [7, 11) is 0. The first-order chi connectivity index (χ1) is 13.3. The standard InChI is InChI=1S/C15H18N2O3S.C6H13N/c1-8-4-9(2)17-15(20)11(8)5-16-14(19)12-7-21-13(6-18)10(12)3;7-6-4-2-1-3-5-6/h4,7,18H,5-6H2,1-3H3,(H,16,19)(H,17,20);6H,1-5,7H2. The zero-order valence-electron chi connectivity index (χ0n) is 16.9. The molecule has 0 saturated heterocycles. The van der Waals surface area contributed by atoms with Crippen LogP contribution in [0.1, 0.15) is 69.7 Å². The number of pyridine rings is 1. The van der Waals surface area contributed by atoms with E-state index in [0.717, 1.165) is 21.7 Å². The smallest absolute Gasteiger partial charge is 0.253 e. The van der Waals surface area contributed by atoms with Gasteiger partial charge in [-0.05, 0) is 50.8 Å². The number of rotatable bonds is 4. The first kappa shape index (κ1) is 22.3. The first-order valence-corrected chi connectivity index (χ1v) is 10.6. The predicted octanol–water partition coefficient (Wildman–Crippen LogP) is 3.06. The van der Waals surface area contributed by atoms with Gasteiger partial charge in [-0.15, -0.1) is 11.3 Å². The van der Waals surface area contributed by atoms with Gasteiger partial charge >= 0.3 is 0 Å². The second-order valence-electron chi connectivity index (χ2n) is 7.38. The summed E-state index contributed by atoms with van der Waals surface area (Å²) in [6, 6.07) is 2.41. The van der Waals surface area contributed by atoms with E-state index in [0.29, 0.717) is 17.2 Å². The lowest BCUT2D eigenvalue weighted by Gasteiger charge is -2.15. The Morgan fingerprint density at radius 1 is 1.29 bits per heavy atom. The largest absolute Gasteiger partial charge is 0.391 e. The highest BCUT2D eigenvalue weighted by atomic mass is 32.1. The van der Waals surface area contributed by atoms with Gasteiger partial charge in [-0.25, -0.2) is 0 Å². The normalized spacial score (nSPS) is 14.3. The van der Waals surface area contributed by atoms with Crippen molar-refractivity contribution in [2.24, 2.45) is 5.73 Å². The number of amides is 1. The number of aromatic amines is 1. The number of thiophene rings is 1. The third-order valence-electron chi connectivity index (χ3n) is 5.10. The Morgan fingerprint density at radius 3 is 2.46 bits per heavy atom. The van der Waals surface area contributed by atoms with E-state index >= 15 is 0 Å². The monoisotopic (exact) mass is 405 g/mol.